The zero-order chi connectivity index (χ0) is 32.3. The van der Waals surface area contributed by atoms with E-state index in [2.05, 4.69) is 169 Å². The smallest absolute Gasteiger partial charge is 0.135 e. The maximum Gasteiger partial charge on any atom is 0.135 e. The molecular formula is C46H29NOS. The van der Waals surface area contributed by atoms with Gasteiger partial charge in [-0.25, -0.2) is 0 Å². The first-order valence-corrected chi connectivity index (χ1v) is 17.4. The Morgan fingerprint density at radius 3 is 1.96 bits per heavy atom. The zero-order valence-corrected chi connectivity index (χ0v) is 27.3. The lowest BCUT2D eigenvalue weighted by Crippen LogP contribution is -2.10. The molecule has 3 heteroatoms. The van der Waals surface area contributed by atoms with Crippen LogP contribution in [0.25, 0.3) is 75.1 Å². The summed E-state index contributed by atoms with van der Waals surface area (Å²) >= 11 is 1.85. The number of para-hydroxylation sites is 1. The van der Waals surface area contributed by atoms with Crippen LogP contribution >= 0.6 is 11.3 Å². The molecule has 0 fully saturated rings. The van der Waals surface area contributed by atoms with Crippen LogP contribution in [0.3, 0.4) is 0 Å². The van der Waals surface area contributed by atoms with E-state index in [1.165, 1.54) is 53.2 Å². The molecule has 2 nitrogen and oxygen atoms in total. The first kappa shape index (κ1) is 27.9. The Balaban J connectivity index is 1.11. The number of furan rings is 1. The highest BCUT2D eigenvalue weighted by atomic mass is 32.1. The third-order valence-corrected chi connectivity index (χ3v) is 10.8. The van der Waals surface area contributed by atoms with Crippen LogP contribution in [-0.4, -0.2) is 0 Å². The monoisotopic (exact) mass is 643 g/mol. The average molecular weight is 644 g/mol. The molecule has 8 aromatic carbocycles. The summed E-state index contributed by atoms with van der Waals surface area (Å²) in [6.45, 7) is 0. The number of rotatable bonds is 5. The molecule has 2 aromatic heterocycles. The number of benzene rings is 8. The van der Waals surface area contributed by atoms with Gasteiger partial charge in [-0.05, 0) is 93.7 Å². The second kappa shape index (κ2) is 11.2. The minimum atomic E-state index is 0.912. The van der Waals surface area contributed by atoms with Gasteiger partial charge in [-0.2, -0.15) is 0 Å². The lowest BCUT2D eigenvalue weighted by atomic mass is 9.97. The predicted octanol–water partition coefficient (Wildman–Crippen LogP) is 13.9. The molecule has 0 radical (unpaired) electrons. The number of nitrogens with zero attached hydrogens (tertiary/aromatic N) is 1. The Hall–Kier alpha value is -6.16. The number of hydrogen-bond donors (Lipinski definition) is 0. The van der Waals surface area contributed by atoms with E-state index >= 15 is 0 Å². The van der Waals surface area contributed by atoms with E-state index in [0.29, 0.717) is 0 Å². The number of fused-ring (bicyclic) bond motifs is 7. The van der Waals surface area contributed by atoms with Crippen LogP contribution in [-0.2, 0) is 0 Å². The van der Waals surface area contributed by atoms with Gasteiger partial charge in [-0.3, -0.25) is 0 Å². The lowest BCUT2D eigenvalue weighted by molar-refractivity contribution is 0.669. The maximum atomic E-state index is 6.10. The van der Waals surface area contributed by atoms with Gasteiger partial charge in [0.2, 0.25) is 0 Å². The molecule has 0 saturated heterocycles. The Morgan fingerprint density at radius 1 is 0.367 bits per heavy atom. The van der Waals surface area contributed by atoms with E-state index in [0.717, 1.165) is 39.0 Å². The summed E-state index contributed by atoms with van der Waals surface area (Å²) in [5.41, 5.74) is 9.95. The quantitative estimate of drug-likeness (QED) is 0.186. The summed E-state index contributed by atoms with van der Waals surface area (Å²) in [4.78, 5) is 2.38. The molecule has 0 N–H and O–H groups in total. The topological polar surface area (TPSA) is 16.4 Å². The number of anilines is 3. The Kier molecular flexibility index (Phi) is 6.39. The molecular weight excluding hydrogens is 615 g/mol. The second-order valence-corrected chi connectivity index (χ2v) is 13.6. The van der Waals surface area contributed by atoms with Gasteiger partial charge in [0.05, 0.1) is 0 Å². The van der Waals surface area contributed by atoms with Gasteiger partial charge in [-0.1, -0.05) is 115 Å². The van der Waals surface area contributed by atoms with E-state index in [1.807, 2.05) is 23.5 Å². The molecule has 0 saturated carbocycles. The molecule has 0 aliphatic heterocycles. The highest BCUT2D eigenvalue weighted by Crippen LogP contribution is 2.42. The molecule has 10 aromatic rings. The Bertz CT molecular complexity index is 2840. The van der Waals surface area contributed by atoms with Crippen molar-refractivity contribution in [3.8, 4) is 22.3 Å². The lowest BCUT2D eigenvalue weighted by Gasteiger charge is -2.26. The maximum absolute atomic E-state index is 6.10. The van der Waals surface area contributed by atoms with Crippen molar-refractivity contribution in [1.82, 2.24) is 0 Å². The van der Waals surface area contributed by atoms with Crippen molar-refractivity contribution < 1.29 is 4.42 Å². The summed E-state index contributed by atoms with van der Waals surface area (Å²) in [6.07, 6.45) is 0. The van der Waals surface area contributed by atoms with Crippen LogP contribution in [0.1, 0.15) is 0 Å². The molecule has 0 spiro atoms. The van der Waals surface area contributed by atoms with Gasteiger partial charge in [0.15, 0.2) is 0 Å². The Labute approximate surface area is 287 Å². The van der Waals surface area contributed by atoms with Gasteiger partial charge in [0, 0.05) is 48.0 Å². The summed E-state index contributed by atoms with van der Waals surface area (Å²) in [6, 6.07) is 63.4. The molecule has 0 aliphatic rings. The molecule has 230 valence electrons. The van der Waals surface area contributed by atoms with E-state index in [-0.39, 0.29) is 0 Å². The van der Waals surface area contributed by atoms with E-state index in [9.17, 15) is 0 Å². The largest absolute Gasteiger partial charge is 0.456 e. The summed E-state index contributed by atoms with van der Waals surface area (Å²) in [5, 5.41) is 7.39. The summed E-state index contributed by atoms with van der Waals surface area (Å²) in [5.74, 6) is 0. The normalized spacial score (nSPS) is 11.7. The average Bonchev–Trinajstić information content (AvgIpc) is 3.73. The highest BCUT2D eigenvalue weighted by Gasteiger charge is 2.17. The van der Waals surface area contributed by atoms with Crippen molar-refractivity contribution in [3.05, 3.63) is 176 Å². The van der Waals surface area contributed by atoms with Crippen LogP contribution in [0, 0.1) is 0 Å². The van der Waals surface area contributed by atoms with Crippen molar-refractivity contribution >= 4 is 81.3 Å². The number of hydrogen-bond acceptors (Lipinski definition) is 3. The van der Waals surface area contributed by atoms with Crippen molar-refractivity contribution in [2.45, 2.75) is 0 Å². The molecule has 0 aliphatic carbocycles. The van der Waals surface area contributed by atoms with Gasteiger partial charge in [0.1, 0.15) is 11.2 Å². The standard InChI is InChI=1S/C46H29NOS/c1-2-13-37-31(9-1)10-8-16-38(37)33-11-7-12-35(27-33)47(36-24-25-41-40-15-4-6-18-45(40)49-46(41)29-36)34-22-19-30(20-23-34)32-21-26-44-42(28-32)39-14-3-5-17-43(39)48-44/h1-29H. The minimum absolute atomic E-state index is 0.912. The van der Waals surface area contributed by atoms with Crippen LogP contribution in [0.2, 0.25) is 0 Å². The van der Waals surface area contributed by atoms with Crippen molar-refractivity contribution in [2.75, 3.05) is 4.90 Å². The van der Waals surface area contributed by atoms with Crippen LogP contribution in [0.5, 0.6) is 0 Å². The van der Waals surface area contributed by atoms with Gasteiger partial charge < -0.3 is 9.32 Å². The minimum Gasteiger partial charge on any atom is -0.456 e. The summed E-state index contributed by atoms with van der Waals surface area (Å²) < 4.78 is 8.70. The Morgan fingerprint density at radius 2 is 1.04 bits per heavy atom. The predicted molar refractivity (Wildman–Crippen MR) is 210 cm³/mol. The van der Waals surface area contributed by atoms with Crippen molar-refractivity contribution in [3.63, 3.8) is 0 Å². The van der Waals surface area contributed by atoms with E-state index in [1.54, 1.807) is 0 Å². The molecule has 2 heterocycles. The fraction of sp³-hybridized carbons (Fsp3) is 0. The first-order valence-electron chi connectivity index (χ1n) is 16.6. The molecule has 0 bridgehead atoms. The molecule has 49 heavy (non-hydrogen) atoms. The van der Waals surface area contributed by atoms with Crippen LogP contribution in [0.4, 0.5) is 17.1 Å². The molecule has 10 rings (SSSR count). The molecule has 0 atom stereocenters. The molecule has 0 unspecified atom stereocenters. The second-order valence-electron chi connectivity index (χ2n) is 12.5. The van der Waals surface area contributed by atoms with Crippen LogP contribution in [0.15, 0.2) is 180 Å². The van der Waals surface area contributed by atoms with E-state index < -0.39 is 0 Å². The summed E-state index contributed by atoms with van der Waals surface area (Å²) in [7, 11) is 0. The van der Waals surface area contributed by atoms with Gasteiger partial charge >= 0.3 is 0 Å². The fourth-order valence-electron chi connectivity index (χ4n) is 7.30. The van der Waals surface area contributed by atoms with Gasteiger partial charge in [-0.15, -0.1) is 11.3 Å². The third kappa shape index (κ3) is 4.70. The zero-order valence-electron chi connectivity index (χ0n) is 26.5. The first-order chi connectivity index (χ1) is 24.3. The highest BCUT2D eigenvalue weighted by molar-refractivity contribution is 7.25. The SMILES string of the molecule is c1cc(-c2cccc3ccccc23)cc(N(c2ccc(-c3ccc4oc5ccccc5c4c3)cc2)c2ccc3c(c2)sc2ccccc23)c1. The van der Waals surface area contributed by atoms with Crippen LogP contribution < -0.4 is 4.90 Å². The fourth-order valence-corrected chi connectivity index (χ4v) is 8.44. The van der Waals surface area contributed by atoms with E-state index in [4.69, 9.17) is 4.42 Å². The number of thiophene rings is 1. The van der Waals surface area contributed by atoms with Crippen molar-refractivity contribution in [2.24, 2.45) is 0 Å². The van der Waals surface area contributed by atoms with Gasteiger partial charge in [0.25, 0.3) is 0 Å². The third-order valence-electron chi connectivity index (χ3n) is 9.66. The molecule has 0 amide bonds. The van der Waals surface area contributed by atoms with Crippen molar-refractivity contribution in [1.29, 1.82) is 0 Å².